The van der Waals surface area contributed by atoms with Gasteiger partial charge in [-0.05, 0) is 48.4 Å². The van der Waals surface area contributed by atoms with Crippen LogP contribution in [-0.2, 0) is 6.54 Å². The molecule has 1 fully saturated rings. The number of halogens is 1. The lowest BCUT2D eigenvalue weighted by molar-refractivity contribution is 0.0141. The van der Waals surface area contributed by atoms with Crippen molar-refractivity contribution in [2.24, 2.45) is 0 Å². The van der Waals surface area contributed by atoms with Crippen molar-refractivity contribution in [1.82, 2.24) is 4.90 Å². The molecular weight excluding hydrogens is 291 g/mol. The molecule has 3 nitrogen and oxygen atoms in total. The standard InChI is InChI=1S/C19H23FN2O/c1-14-10-16(20)6-9-19(14)23-18-12-22(13-18)11-15-4-7-17(8-5-15)21(2)3/h4-10,18H,11-13H2,1-3H3. The summed E-state index contributed by atoms with van der Waals surface area (Å²) in [5, 5.41) is 0. The van der Waals surface area contributed by atoms with Gasteiger partial charge < -0.3 is 9.64 Å². The maximum Gasteiger partial charge on any atom is 0.124 e. The Hall–Kier alpha value is -2.07. The van der Waals surface area contributed by atoms with Crippen LogP contribution in [0.5, 0.6) is 5.75 Å². The second kappa shape index (κ2) is 6.59. The van der Waals surface area contributed by atoms with E-state index < -0.39 is 0 Å². The highest BCUT2D eigenvalue weighted by molar-refractivity contribution is 5.46. The second-order valence-electron chi connectivity index (χ2n) is 6.40. The van der Waals surface area contributed by atoms with Crippen LogP contribution in [0.2, 0.25) is 0 Å². The molecule has 0 radical (unpaired) electrons. The lowest BCUT2D eigenvalue weighted by Gasteiger charge is -2.39. The molecule has 0 saturated carbocycles. The van der Waals surface area contributed by atoms with E-state index in [1.165, 1.54) is 23.4 Å². The molecule has 0 bridgehead atoms. The van der Waals surface area contributed by atoms with Crippen LogP contribution in [-0.4, -0.2) is 38.2 Å². The van der Waals surface area contributed by atoms with Gasteiger partial charge in [-0.1, -0.05) is 12.1 Å². The first-order chi connectivity index (χ1) is 11.0. The van der Waals surface area contributed by atoms with E-state index in [-0.39, 0.29) is 11.9 Å². The SMILES string of the molecule is Cc1cc(F)ccc1OC1CN(Cc2ccc(N(C)C)cc2)C1. The molecule has 1 aliphatic rings. The zero-order chi connectivity index (χ0) is 16.4. The summed E-state index contributed by atoms with van der Waals surface area (Å²) in [6, 6.07) is 13.3. The zero-order valence-electron chi connectivity index (χ0n) is 13.9. The van der Waals surface area contributed by atoms with Crippen LogP contribution >= 0.6 is 0 Å². The summed E-state index contributed by atoms with van der Waals surface area (Å²) in [6.45, 7) is 4.63. The van der Waals surface area contributed by atoms with Crippen LogP contribution < -0.4 is 9.64 Å². The van der Waals surface area contributed by atoms with E-state index >= 15 is 0 Å². The molecule has 3 rings (SSSR count). The number of likely N-dealkylation sites (tertiary alicyclic amines) is 1. The minimum absolute atomic E-state index is 0.195. The molecule has 0 N–H and O–H groups in total. The van der Waals surface area contributed by atoms with E-state index in [1.807, 2.05) is 21.0 Å². The maximum absolute atomic E-state index is 13.1. The van der Waals surface area contributed by atoms with E-state index in [9.17, 15) is 4.39 Å². The minimum atomic E-state index is -0.216. The average molecular weight is 314 g/mol. The van der Waals surface area contributed by atoms with Gasteiger partial charge in [0.05, 0.1) is 0 Å². The number of aryl methyl sites for hydroxylation is 1. The van der Waals surface area contributed by atoms with Gasteiger partial charge >= 0.3 is 0 Å². The molecule has 23 heavy (non-hydrogen) atoms. The molecule has 0 aliphatic carbocycles. The first-order valence-electron chi connectivity index (χ1n) is 7.92. The van der Waals surface area contributed by atoms with Crippen LogP contribution in [0, 0.1) is 12.7 Å². The summed E-state index contributed by atoms with van der Waals surface area (Å²) >= 11 is 0. The minimum Gasteiger partial charge on any atom is -0.487 e. The summed E-state index contributed by atoms with van der Waals surface area (Å²) in [5.74, 6) is 0.567. The van der Waals surface area contributed by atoms with Gasteiger partial charge in [0.2, 0.25) is 0 Å². The van der Waals surface area contributed by atoms with Gasteiger partial charge in [-0.3, -0.25) is 4.90 Å². The van der Waals surface area contributed by atoms with Crippen molar-refractivity contribution >= 4 is 5.69 Å². The molecule has 0 unspecified atom stereocenters. The third-order valence-electron chi connectivity index (χ3n) is 4.21. The van der Waals surface area contributed by atoms with Crippen molar-refractivity contribution in [1.29, 1.82) is 0 Å². The van der Waals surface area contributed by atoms with Crippen LogP contribution in [0.25, 0.3) is 0 Å². The van der Waals surface area contributed by atoms with Gasteiger partial charge in [-0.25, -0.2) is 4.39 Å². The largest absolute Gasteiger partial charge is 0.487 e. The van der Waals surface area contributed by atoms with Crippen molar-refractivity contribution in [2.45, 2.75) is 19.6 Å². The van der Waals surface area contributed by atoms with Crippen molar-refractivity contribution < 1.29 is 9.13 Å². The molecule has 0 aromatic heterocycles. The van der Waals surface area contributed by atoms with Crippen LogP contribution in [0.4, 0.5) is 10.1 Å². The van der Waals surface area contributed by atoms with Crippen LogP contribution in [0.15, 0.2) is 42.5 Å². The van der Waals surface area contributed by atoms with Gasteiger partial charge in [0.15, 0.2) is 0 Å². The molecule has 4 heteroatoms. The molecule has 0 atom stereocenters. The van der Waals surface area contributed by atoms with Crippen LogP contribution in [0.3, 0.4) is 0 Å². The highest BCUT2D eigenvalue weighted by atomic mass is 19.1. The van der Waals surface area contributed by atoms with Crippen molar-refractivity contribution in [2.75, 3.05) is 32.1 Å². The Bertz CT molecular complexity index is 664. The fourth-order valence-electron chi connectivity index (χ4n) is 2.81. The van der Waals surface area contributed by atoms with Crippen molar-refractivity contribution in [3.63, 3.8) is 0 Å². The fourth-order valence-corrected chi connectivity index (χ4v) is 2.81. The molecule has 1 saturated heterocycles. The Morgan fingerprint density at radius 3 is 2.43 bits per heavy atom. The monoisotopic (exact) mass is 314 g/mol. The molecule has 1 heterocycles. The number of anilines is 1. The van der Waals surface area contributed by atoms with E-state index in [0.29, 0.717) is 0 Å². The molecular formula is C19H23FN2O. The van der Waals surface area contributed by atoms with E-state index in [1.54, 1.807) is 6.07 Å². The fraction of sp³-hybridized carbons (Fsp3) is 0.368. The Morgan fingerprint density at radius 1 is 1.13 bits per heavy atom. The third kappa shape index (κ3) is 3.82. The Labute approximate surface area is 137 Å². The van der Waals surface area contributed by atoms with E-state index in [2.05, 4.69) is 34.1 Å². The lowest BCUT2D eigenvalue weighted by Crippen LogP contribution is -2.53. The van der Waals surface area contributed by atoms with Crippen molar-refractivity contribution in [3.05, 3.63) is 59.4 Å². The first-order valence-corrected chi connectivity index (χ1v) is 7.92. The van der Waals surface area contributed by atoms with Crippen LogP contribution in [0.1, 0.15) is 11.1 Å². The lowest BCUT2D eigenvalue weighted by atomic mass is 10.1. The number of hydrogen-bond acceptors (Lipinski definition) is 3. The highest BCUT2D eigenvalue weighted by Crippen LogP contribution is 2.24. The van der Waals surface area contributed by atoms with Gasteiger partial charge in [-0.2, -0.15) is 0 Å². The Kier molecular flexibility index (Phi) is 4.53. The molecule has 1 aliphatic heterocycles. The molecule has 0 spiro atoms. The Morgan fingerprint density at radius 2 is 1.83 bits per heavy atom. The van der Waals surface area contributed by atoms with Gasteiger partial charge in [-0.15, -0.1) is 0 Å². The van der Waals surface area contributed by atoms with E-state index in [4.69, 9.17) is 4.74 Å². The smallest absolute Gasteiger partial charge is 0.124 e. The number of rotatable bonds is 5. The molecule has 2 aromatic carbocycles. The number of ether oxygens (including phenoxy) is 1. The summed E-state index contributed by atoms with van der Waals surface area (Å²) in [7, 11) is 4.09. The number of nitrogens with zero attached hydrogens (tertiary/aromatic N) is 2. The normalized spacial score (nSPS) is 15.3. The number of benzene rings is 2. The Balaban J connectivity index is 1.49. The maximum atomic E-state index is 13.1. The average Bonchev–Trinajstić information content (AvgIpc) is 2.47. The summed E-state index contributed by atoms with van der Waals surface area (Å²) in [4.78, 5) is 4.45. The first kappa shape index (κ1) is 15.8. The predicted octanol–water partition coefficient (Wildman–Crippen LogP) is 3.46. The topological polar surface area (TPSA) is 15.7 Å². The summed E-state index contributed by atoms with van der Waals surface area (Å²) in [5.41, 5.74) is 3.38. The van der Waals surface area contributed by atoms with Gasteiger partial charge in [0.25, 0.3) is 0 Å². The van der Waals surface area contributed by atoms with Crippen molar-refractivity contribution in [3.8, 4) is 5.75 Å². The number of hydrogen-bond donors (Lipinski definition) is 0. The zero-order valence-corrected chi connectivity index (χ0v) is 13.9. The molecule has 0 amide bonds. The van der Waals surface area contributed by atoms with Gasteiger partial charge in [0.1, 0.15) is 17.7 Å². The predicted molar refractivity (Wildman–Crippen MR) is 91.6 cm³/mol. The van der Waals surface area contributed by atoms with E-state index in [0.717, 1.165) is 30.9 Å². The quantitative estimate of drug-likeness (QED) is 0.840. The third-order valence-corrected chi connectivity index (χ3v) is 4.21. The molecule has 2 aromatic rings. The van der Waals surface area contributed by atoms with Gasteiger partial charge in [0, 0.05) is 39.4 Å². The summed E-state index contributed by atoms with van der Waals surface area (Å²) in [6.07, 6.45) is 0.195. The molecule has 122 valence electrons. The highest BCUT2D eigenvalue weighted by Gasteiger charge is 2.28. The summed E-state index contributed by atoms with van der Waals surface area (Å²) < 4.78 is 19.0. The second-order valence-corrected chi connectivity index (χ2v) is 6.40.